The molecule has 1 heterocycles. The topological polar surface area (TPSA) is 64.8 Å². The molecule has 1 amide bonds. The lowest BCUT2D eigenvalue weighted by molar-refractivity contribution is -0.150. The van der Waals surface area contributed by atoms with E-state index in [1.54, 1.807) is 31.3 Å². The van der Waals surface area contributed by atoms with Crippen molar-refractivity contribution in [1.29, 1.82) is 0 Å². The maximum absolute atomic E-state index is 12.3. The van der Waals surface area contributed by atoms with Crippen LogP contribution in [0, 0.1) is 0 Å². The Bertz CT molecular complexity index is 813. The Morgan fingerprint density at radius 1 is 1.08 bits per heavy atom. The first-order valence-corrected chi connectivity index (χ1v) is 8.43. The van der Waals surface area contributed by atoms with E-state index >= 15 is 0 Å². The Balaban J connectivity index is 1.87. The van der Waals surface area contributed by atoms with Gasteiger partial charge in [0.15, 0.2) is 11.5 Å². The van der Waals surface area contributed by atoms with Crippen LogP contribution in [0.5, 0.6) is 11.5 Å². The molecule has 132 valence electrons. The van der Waals surface area contributed by atoms with Crippen molar-refractivity contribution in [2.24, 2.45) is 5.73 Å². The van der Waals surface area contributed by atoms with Crippen LogP contribution < -0.4 is 15.2 Å². The van der Waals surface area contributed by atoms with E-state index < -0.39 is 6.04 Å². The van der Waals surface area contributed by atoms with Gasteiger partial charge in [-0.2, -0.15) is 0 Å². The fourth-order valence-corrected chi connectivity index (χ4v) is 3.55. The number of benzene rings is 2. The third-order valence-electron chi connectivity index (χ3n) is 4.33. The molecule has 1 fully saturated rings. The van der Waals surface area contributed by atoms with Gasteiger partial charge in [-0.3, -0.25) is 4.79 Å². The van der Waals surface area contributed by atoms with Crippen LogP contribution in [0.2, 0.25) is 10.0 Å². The maximum Gasteiger partial charge on any atom is 0.242 e. The van der Waals surface area contributed by atoms with E-state index in [9.17, 15) is 4.79 Å². The van der Waals surface area contributed by atoms with Gasteiger partial charge in [0.1, 0.15) is 6.04 Å². The fraction of sp³-hybridized carbons (Fsp3) is 0.278. The second-order valence-electron chi connectivity index (χ2n) is 5.79. The number of nitrogens with two attached hydrogens (primary N) is 1. The minimum absolute atomic E-state index is 0.120. The smallest absolute Gasteiger partial charge is 0.242 e. The van der Waals surface area contributed by atoms with Crippen LogP contribution in [0.4, 0.5) is 0 Å². The number of β-lactam (4-membered cyclic amide) rings is 1. The quantitative estimate of drug-likeness (QED) is 0.807. The Morgan fingerprint density at radius 2 is 1.80 bits per heavy atom. The van der Waals surface area contributed by atoms with Gasteiger partial charge in [-0.1, -0.05) is 35.3 Å². The van der Waals surface area contributed by atoms with Gasteiger partial charge in [-0.25, -0.2) is 0 Å². The normalized spacial score (nSPS) is 19.6. The molecule has 2 aromatic rings. The highest BCUT2D eigenvalue weighted by atomic mass is 35.5. The Morgan fingerprint density at radius 3 is 2.44 bits per heavy atom. The predicted molar refractivity (Wildman–Crippen MR) is 97.3 cm³/mol. The van der Waals surface area contributed by atoms with Crippen LogP contribution >= 0.6 is 23.2 Å². The van der Waals surface area contributed by atoms with E-state index in [-0.39, 0.29) is 11.9 Å². The van der Waals surface area contributed by atoms with Crippen molar-refractivity contribution in [3.63, 3.8) is 0 Å². The van der Waals surface area contributed by atoms with Crippen molar-refractivity contribution < 1.29 is 14.3 Å². The first kappa shape index (κ1) is 17.9. The molecule has 7 heteroatoms. The van der Waals surface area contributed by atoms with Gasteiger partial charge in [-0.15, -0.1) is 0 Å². The third-order valence-corrected chi connectivity index (χ3v) is 4.89. The summed E-state index contributed by atoms with van der Waals surface area (Å²) in [6.45, 7) is 0.399. The second-order valence-corrected chi connectivity index (χ2v) is 6.64. The summed E-state index contributed by atoms with van der Waals surface area (Å²) in [5.41, 5.74) is 7.72. The van der Waals surface area contributed by atoms with Gasteiger partial charge in [0.05, 0.1) is 20.3 Å². The van der Waals surface area contributed by atoms with E-state index in [1.807, 2.05) is 24.3 Å². The summed E-state index contributed by atoms with van der Waals surface area (Å²) >= 11 is 12.2. The summed E-state index contributed by atoms with van der Waals surface area (Å²) in [5.74, 6) is 1.12. The third kappa shape index (κ3) is 3.27. The fourth-order valence-electron chi connectivity index (χ4n) is 3.03. The zero-order valence-corrected chi connectivity index (χ0v) is 15.3. The zero-order chi connectivity index (χ0) is 18.1. The number of methoxy groups -OCH3 is 2. The molecule has 2 unspecified atom stereocenters. The van der Waals surface area contributed by atoms with Crippen molar-refractivity contribution in [2.75, 3.05) is 14.2 Å². The molecule has 0 aromatic heterocycles. The van der Waals surface area contributed by atoms with Gasteiger partial charge in [0, 0.05) is 16.6 Å². The molecule has 0 saturated carbocycles. The highest BCUT2D eigenvalue weighted by molar-refractivity contribution is 6.35. The van der Waals surface area contributed by atoms with Crippen molar-refractivity contribution >= 4 is 29.1 Å². The van der Waals surface area contributed by atoms with E-state index in [1.165, 1.54) is 0 Å². The van der Waals surface area contributed by atoms with Gasteiger partial charge < -0.3 is 20.1 Å². The molecule has 0 radical (unpaired) electrons. The molecule has 2 N–H and O–H groups in total. The van der Waals surface area contributed by atoms with Crippen LogP contribution in [0.3, 0.4) is 0 Å². The van der Waals surface area contributed by atoms with Crippen molar-refractivity contribution in [1.82, 2.24) is 4.90 Å². The van der Waals surface area contributed by atoms with E-state index in [2.05, 4.69) is 0 Å². The van der Waals surface area contributed by atoms with Gasteiger partial charge in [0.25, 0.3) is 0 Å². The number of carbonyl (C=O) groups is 1. The Labute approximate surface area is 156 Å². The SMILES string of the molecule is COc1ccc(CN2C(=O)C(N)C2c2ccc(Cl)cc2Cl)cc1OC. The molecule has 0 aliphatic carbocycles. The largest absolute Gasteiger partial charge is 0.493 e. The average molecular weight is 381 g/mol. The number of hydrogen-bond donors (Lipinski definition) is 1. The number of amides is 1. The lowest BCUT2D eigenvalue weighted by Crippen LogP contribution is -2.62. The maximum atomic E-state index is 12.3. The first-order chi connectivity index (χ1) is 12.0. The lowest BCUT2D eigenvalue weighted by Gasteiger charge is -2.46. The summed E-state index contributed by atoms with van der Waals surface area (Å²) in [5, 5.41) is 1.04. The number of hydrogen-bond acceptors (Lipinski definition) is 4. The van der Waals surface area contributed by atoms with Crippen molar-refractivity contribution in [3.8, 4) is 11.5 Å². The van der Waals surface area contributed by atoms with E-state index in [0.29, 0.717) is 28.1 Å². The molecule has 0 spiro atoms. The number of likely N-dealkylation sites (tertiary alicyclic amines) is 1. The van der Waals surface area contributed by atoms with Crippen LogP contribution in [0.1, 0.15) is 17.2 Å². The Hall–Kier alpha value is -1.95. The van der Waals surface area contributed by atoms with Gasteiger partial charge in [-0.05, 0) is 35.4 Å². The summed E-state index contributed by atoms with van der Waals surface area (Å²) in [7, 11) is 3.15. The summed E-state index contributed by atoms with van der Waals surface area (Å²) in [6, 6.07) is 9.85. The summed E-state index contributed by atoms with van der Waals surface area (Å²) in [4.78, 5) is 14.0. The number of nitrogens with zero attached hydrogens (tertiary/aromatic N) is 1. The molecule has 3 rings (SSSR count). The molecule has 1 saturated heterocycles. The standard InChI is InChI=1S/C18H18Cl2N2O3/c1-24-14-6-3-10(7-15(14)25-2)9-22-17(16(21)18(22)23)12-5-4-11(19)8-13(12)20/h3-8,16-17H,9,21H2,1-2H3. The zero-order valence-electron chi connectivity index (χ0n) is 13.8. The number of halogens is 2. The van der Waals surface area contributed by atoms with E-state index in [4.69, 9.17) is 38.4 Å². The first-order valence-electron chi connectivity index (χ1n) is 7.68. The van der Waals surface area contributed by atoms with Crippen LogP contribution in [-0.2, 0) is 11.3 Å². The molecule has 2 atom stereocenters. The van der Waals surface area contributed by atoms with Crippen LogP contribution in [0.25, 0.3) is 0 Å². The molecular weight excluding hydrogens is 363 g/mol. The van der Waals surface area contributed by atoms with Crippen LogP contribution in [0.15, 0.2) is 36.4 Å². The van der Waals surface area contributed by atoms with Gasteiger partial charge in [0.2, 0.25) is 5.91 Å². The van der Waals surface area contributed by atoms with Crippen LogP contribution in [-0.4, -0.2) is 31.1 Å². The van der Waals surface area contributed by atoms with E-state index in [0.717, 1.165) is 11.1 Å². The number of ether oxygens (including phenoxy) is 2. The molecule has 5 nitrogen and oxygen atoms in total. The molecular formula is C18H18Cl2N2O3. The second kappa shape index (κ2) is 7.12. The van der Waals surface area contributed by atoms with Crippen molar-refractivity contribution in [2.45, 2.75) is 18.6 Å². The molecule has 1 aliphatic heterocycles. The minimum atomic E-state index is -0.612. The predicted octanol–water partition coefficient (Wildman–Crippen LogP) is 3.42. The highest BCUT2D eigenvalue weighted by Gasteiger charge is 2.46. The highest BCUT2D eigenvalue weighted by Crippen LogP contribution is 2.40. The molecule has 25 heavy (non-hydrogen) atoms. The summed E-state index contributed by atoms with van der Waals surface area (Å²) < 4.78 is 10.5. The number of carbonyl (C=O) groups excluding carboxylic acids is 1. The molecule has 1 aliphatic rings. The summed E-state index contributed by atoms with van der Waals surface area (Å²) in [6.07, 6.45) is 0. The molecule has 2 aromatic carbocycles. The van der Waals surface area contributed by atoms with Crippen molar-refractivity contribution in [3.05, 3.63) is 57.6 Å². The number of rotatable bonds is 5. The molecule has 0 bridgehead atoms. The average Bonchev–Trinajstić information content (AvgIpc) is 2.62. The van der Waals surface area contributed by atoms with Gasteiger partial charge >= 0.3 is 0 Å². The minimum Gasteiger partial charge on any atom is -0.493 e. The monoisotopic (exact) mass is 380 g/mol. The Kier molecular flexibility index (Phi) is 5.08. The lowest BCUT2D eigenvalue weighted by atomic mass is 9.88.